The molecule has 6 nitrogen and oxygen atoms in total. The molecule has 0 saturated heterocycles. The molecule has 0 aliphatic rings. The molecule has 7 heteroatoms. The molecule has 0 unspecified atom stereocenters. The Hall–Kier alpha value is -1.76. The largest absolute Gasteiger partial charge is 0.495 e. The monoisotopic (exact) mass is 373 g/mol. The third-order valence-electron chi connectivity index (χ3n) is 2.88. The van der Waals surface area contributed by atoms with E-state index in [1.165, 1.54) is 33.3 Å². The predicted molar refractivity (Wildman–Crippen MR) is 85.4 cm³/mol. The molecule has 0 saturated carbocycles. The average Bonchev–Trinajstić information content (AvgIpc) is 2.52. The summed E-state index contributed by atoms with van der Waals surface area (Å²) in [4.78, 5) is 23.9. The summed E-state index contributed by atoms with van der Waals surface area (Å²) in [5.41, 5.74) is 0.243. The molecule has 0 aliphatic carbocycles. The van der Waals surface area contributed by atoms with Crippen molar-refractivity contribution in [2.24, 2.45) is 0 Å². The summed E-state index contributed by atoms with van der Waals surface area (Å²) in [5.74, 6) is -0.0711. The van der Waals surface area contributed by atoms with Crippen LogP contribution in [0, 0.1) is 0 Å². The number of hydrogen-bond acceptors (Lipinski definition) is 5. The van der Waals surface area contributed by atoms with Crippen molar-refractivity contribution in [3.8, 4) is 11.5 Å². The summed E-state index contributed by atoms with van der Waals surface area (Å²) in [5, 5.41) is 2.67. The third-order valence-corrected chi connectivity index (χ3v) is 3.67. The van der Waals surface area contributed by atoms with E-state index in [4.69, 9.17) is 14.2 Å². The Morgan fingerprint density at radius 3 is 2.23 bits per heavy atom. The molecule has 122 valence electrons. The van der Waals surface area contributed by atoms with Crippen LogP contribution in [0.2, 0.25) is 0 Å². The summed E-state index contributed by atoms with van der Waals surface area (Å²) in [7, 11) is 2.96. The van der Waals surface area contributed by atoms with E-state index in [1.54, 1.807) is 0 Å². The third kappa shape index (κ3) is 4.62. The van der Waals surface area contributed by atoms with E-state index in [9.17, 15) is 9.59 Å². The van der Waals surface area contributed by atoms with Gasteiger partial charge in [-0.2, -0.15) is 0 Å². The number of ether oxygens (including phenoxy) is 3. The van der Waals surface area contributed by atoms with E-state index in [-0.39, 0.29) is 11.5 Å². The molecule has 0 radical (unpaired) electrons. The van der Waals surface area contributed by atoms with Crippen LogP contribution in [0.3, 0.4) is 0 Å². The van der Waals surface area contributed by atoms with Crippen molar-refractivity contribution in [1.29, 1.82) is 0 Å². The van der Waals surface area contributed by atoms with Gasteiger partial charge in [0, 0.05) is 6.54 Å². The van der Waals surface area contributed by atoms with Gasteiger partial charge in [-0.25, -0.2) is 4.79 Å². The Morgan fingerprint density at radius 2 is 1.77 bits per heavy atom. The zero-order valence-corrected chi connectivity index (χ0v) is 14.7. The Morgan fingerprint density at radius 1 is 1.23 bits per heavy atom. The van der Waals surface area contributed by atoms with E-state index < -0.39 is 12.1 Å². The second-order valence-electron chi connectivity index (χ2n) is 4.53. The van der Waals surface area contributed by atoms with Gasteiger partial charge in [-0.1, -0.05) is 6.92 Å². The van der Waals surface area contributed by atoms with E-state index >= 15 is 0 Å². The molecule has 1 rings (SSSR count). The Balaban J connectivity index is 2.87. The van der Waals surface area contributed by atoms with Crippen LogP contribution in [0.4, 0.5) is 0 Å². The number of halogens is 1. The van der Waals surface area contributed by atoms with Crippen LogP contribution in [-0.4, -0.2) is 38.7 Å². The first kappa shape index (κ1) is 18.3. The van der Waals surface area contributed by atoms with Crippen LogP contribution in [0.5, 0.6) is 11.5 Å². The molecule has 1 atom stereocenters. The van der Waals surface area contributed by atoms with Gasteiger partial charge in [0.1, 0.15) is 16.0 Å². The van der Waals surface area contributed by atoms with Crippen LogP contribution >= 0.6 is 15.9 Å². The van der Waals surface area contributed by atoms with Gasteiger partial charge < -0.3 is 19.5 Å². The van der Waals surface area contributed by atoms with Gasteiger partial charge in [-0.05, 0) is 41.4 Å². The van der Waals surface area contributed by atoms with Gasteiger partial charge in [0.15, 0.2) is 6.10 Å². The molecular weight excluding hydrogens is 354 g/mol. The molecule has 0 spiro atoms. The van der Waals surface area contributed by atoms with E-state index in [0.29, 0.717) is 22.5 Å². The molecule has 0 fully saturated rings. The van der Waals surface area contributed by atoms with Crippen molar-refractivity contribution in [2.45, 2.75) is 26.4 Å². The lowest BCUT2D eigenvalue weighted by Crippen LogP contribution is -2.36. The molecular formula is C15H20BrNO5. The van der Waals surface area contributed by atoms with E-state index in [0.717, 1.165) is 6.42 Å². The maximum absolute atomic E-state index is 12.2. The maximum Gasteiger partial charge on any atom is 0.339 e. The number of rotatable bonds is 7. The normalized spacial score (nSPS) is 11.5. The quantitative estimate of drug-likeness (QED) is 0.743. The highest BCUT2D eigenvalue weighted by atomic mass is 79.9. The van der Waals surface area contributed by atoms with Crippen LogP contribution < -0.4 is 14.8 Å². The lowest BCUT2D eigenvalue weighted by atomic mass is 10.2. The topological polar surface area (TPSA) is 73.9 Å². The Kier molecular flexibility index (Phi) is 7.17. The van der Waals surface area contributed by atoms with Crippen molar-refractivity contribution in [1.82, 2.24) is 5.32 Å². The smallest absolute Gasteiger partial charge is 0.339 e. The van der Waals surface area contributed by atoms with Gasteiger partial charge in [-0.3, -0.25) is 4.79 Å². The fourth-order valence-corrected chi connectivity index (χ4v) is 2.21. The number of carbonyl (C=O) groups is 2. The Bertz CT molecular complexity index is 522. The number of benzene rings is 1. The number of amides is 1. The molecule has 22 heavy (non-hydrogen) atoms. The highest BCUT2D eigenvalue weighted by Crippen LogP contribution is 2.35. The Labute approximate surface area is 138 Å². The number of nitrogens with one attached hydrogen (secondary N) is 1. The van der Waals surface area contributed by atoms with Crippen molar-refractivity contribution in [2.75, 3.05) is 20.8 Å². The molecule has 0 bridgehead atoms. The van der Waals surface area contributed by atoms with Crippen LogP contribution in [0.1, 0.15) is 30.6 Å². The van der Waals surface area contributed by atoms with E-state index in [1.807, 2.05) is 6.92 Å². The predicted octanol–water partition coefficient (Wildman–Crippen LogP) is 2.54. The van der Waals surface area contributed by atoms with Crippen molar-refractivity contribution < 1.29 is 23.8 Å². The summed E-state index contributed by atoms with van der Waals surface area (Å²) in [6.07, 6.45) is -0.0623. The lowest BCUT2D eigenvalue weighted by molar-refractivity contribution is -0.129. The highest BCUT2D eigenvalue weighted by molar-refractivity contribution is 9.10. The molecule has 1 N–H and O–H groups in total. The second kappa shape index (κ2) is 8.63. The van der Waals surface area contributed by atoms with Gasteiger partial charge in [-0.15, -0.1) is 0 Å². The van der Waals surface area contributed by atoms with Gasteiger partial charge in [0.25, 0.3) is 5.91 Å². The van der Waals surface area contributed by atoms with Crippen molar-refractivity contribution >= 4 is 27.8 Å². The van der Waals surface area contributed by atoms with E-state index in [2.05, 4.69) is 21.2 Å². The first-order chi connectivity index (χ1) is 10.4. The standard InChI is InChI=1S/C15H20BrNO5/c1-5-6-17-14(18)9(2)22-15(19)10-7-11(20-3)13(16)12(8-10)21-4/h7-9H,5-6H2,1-4H3,(H,17,18)/t9-/m1/s1. The summed E-state index contributed by atoms with van der Waals surface area (Å²) < 4.78 is 16.1. The van der Waals surface area contributed by atoms with Crippen LogP contribution in [-0.2, 0) is 9.53 Å². The zero-order chi connectivity index (χ0) is 16.7. The molecule has 1 amide bonds. The SMILES string of the molecule is CCCNC(=O)[C@@H](C)OC(=O)c1cc(OC)c(Br)c(OC)c1. The minimum absolute atomic E-state index is 0.243. The lowest BCUT2D eigenvalue weighted by Gasteiger charge is -2.15. The molecule has 0 aliphatic heterocycles. The number of esters is 1. The van der Waals surface area contributed by atoms with Gasteiger partial charge >= 0.3 is 5.97 Å². The highest BCUT2D eigenvalue weighted by Gasteiger charge is 2.21. The number of methoxy groups -OCH3 is 2. The second-order valence-corrected chi connectivity index (χ2v) is 5.33. The summed E-state index contributed by atoms with van der Waals surface area (Å²) >= 11 is 3.32. The van der Waals surface area contributed by atoms with Crippen molar-refractivity contribution in [3.05, 3.63) is 22.2 Å². The fraction of sp³-hybridized carbons (Fsp3) is 0.467. The zero-order valence-electron chi connectivity index (χ0n) is 13.1. The van der Waals surface area contributed by atoms with Crippen LogP contribution in [0.25, 0.3) is 0 Å². The van der Waals surface area contributed by atoms with Crippen molar-refractivity contribution in [3.63, 3.8) is 0 Å². The molecule has 0 aromatic heterocycles. The first-order valence-electron chi connectivity index (χ1n) is 6.84. The van der Waals surface area contributed by atoms with Crippen LogP contribution in [0.15, 0.2) is 16.6 Å². The minimum atomic E-state index is -0.875. The molecule has 1 aromatic carbocycles. The molecule has 1 aromatic rings. The maximum atomic E-state index is 12.2. The average molecular weight is 374 g/mol. The summed E-state index contributed by atoms with van der Waals surface area (Å²) in [6.45, 7) is 4.01. The fourth-order valence-electron chi connectivity index (χ4n) is 1.66. The molecule has 0 heterocycles. The minimum Gasteiger partial charge on any atom is -0.495 e. The first-order valence-corrected chi connectivity index (χ1v) is 7.64. The van der Waals surface area contributed by atoms with Gasteiger partial charge in [0.2, 0.25) is 0 Å². The van der Waals surface area contributed by atoms with Gasteiger partial charge in [0.05, 0.1) is 19.8 Å². The summed E-state index contributed by atoms with van der Waals surface area (Å²) in [6, 6.07) is 3.04. The number of hydrogen-bond donors (Lipinski definition) is 1. The number of carbonyl (C=O) groups excluding carboxylic acids is 2.